The van der Waals surface area contributed by atoms with Gasteiger partial charge in [-0.25, -0.2) is 24.3 Å². The van der Waals surface area contributed by atoms with Crippen LogP contribution in [0.25, 0.3) is 0 Å². The van der Waals surface area contributed by atoms with E-state index in [0.717, 1.165) is 57.8 Å². The van der Waals surface area contributed by atoms with Gasteiger partial charge in [0, 0.05) is 19.3 Å². The molecule has 4 saturated carbocycles. The largest absolute Gasteiger partial charge is 0.534 e. The molecule has 6 heterocycles. The molecule has 10 aliphatic rings. The van der Waals surface area contributed by atoms with Gasteiger partial charge in [-0.05, 0) is 113 Å². The molecule has 4 aliphatic carbocycles. The summed E-state index contributed by atoms with van der Waals surface area (Å²) in [5.74, 6) is 2.70. The van der Waals surface area contributed by atoms with E-state index in [1.165, 1.54) is 13.5 Å². The molecule has 0 amide bonds. The van der Waals surface area contributed by atoms with Crippen molar-refractivity contribution >= 4 is 11.9 Å². The lowest BCUT2D eigenvalue weighted by molar-refractivity contribution is -0.487. The summed E-state index contributed by atoms with van der Waals surface area (Å²) in [6.45, 7) is 13.6. The van der Waals surface area contributed by atoms with Crippen LogP contribution in [-0.4, -0.2) is 65.8 Å². The molecule has 10 nitrogen and oxygen atoms in total. The monoisotopic (exact) mass is 645 g/mol. The maximum atomic E-state index is 12.3. The van der Waals surface area contributed by atoms with Gasteiger partial charge in [0.2, 0.25) is 0 Å². The Balaban J connectivity index is 1.13. The van der Waals surface area contributed by atoms with E-state index in [2.05, 4.69) is 46.7 Å². The normalized spacial score (nSPS) is 55.8. The summed E-state index contributed by atoms with van der Waals surface area (Å²) >= 11 is 0. The fourth-order valence-electron chi connectivity index (χ4n) is 12.2. The molecule has 0 aromatic rings. The van der Waals surface area contributed by atoms with E-state index in [4.69, 9.17) is 38.6 Å². The van der Waals surface area contributed by atoms with Gasteiger partial charge in [-0.3, -0.25) is 4.84 Å². The molecule has 6 aliphatic heterocycles. The molecule has 0 unspecified atom stereocenters. The lowest BCUT2D eigenvalue weighted by Gasteiger charge is -2.62. The zero-order chi connectivity index (χ0) is 32.2. The van der Waals surface area contributed by atoms with Crippen LogP contribution in [0.5, 0.6) is 0 Å². The number of carbonyl (C=O) groups is 1. The van der Waals surface area contributed by atoms with Crippen LogP contribution in [0.3, 0.4) is 0 Å². The van der Waals surface area contributed by atoms with Crippen LogP contribution in [0, 0.1) is 47.3 Å². The minimum Gasteiger partial charge on any atom is -0.436 e. The van der Waals surface area contributed by atoms with Crippen LogP contribution in [0.2, 0.25) is 0 Å². The topological polar surface area (TPSA) is 103 Å². The number of hydrogen-bond acceptors (Lipinski definition) is 10. The van der Waals surface area contributed by atoms with Crippen molar-refractivity contribution in [2.75, 3.05) is 7.11 Å². The van der Waals surface area contributed by atoms with E-state index >= 15 is 0 Å². The highest BCUT2D eigenvalue weighted by Gasteiger charge is 2.70. The van der Waals surface area contributed by atoms with Crippen LogP contribution in [0.4, 0.5) is 4.79 Å². The van der Waals surface area contributed by atoms with E-state index in [1.54, 1.807) is 0 Å². The van der Waals surface area contributed by atoms with Gasteiger partial charge in [-0.15, -0.1) is 0 Å². The van der Waals surface area contributed by atoms with Crippen molar-refractivity contribution in [2.45, 2.75) is 159 Å². The molecule has 0 radical (unpaired) electrons. The van der Waals surface area contributed by atoms with Crippen molar-refractivity contribution in [1.82, 2.24) is 0 Å². The van der Waals surface area contributed by atoms with Gasteiger partial charge < -0.3 is 14.2 Å². The molecule has 10 fully saturated rings. The molecule has 46 heavy (non-hydrogen) atoms. The molecular weight excluding hydrogens is 590 g/mol. The third-order valence-electron chi connectivity index (χ3n) is 14.7. The van der Waals surface area contributed by atoms with Crippen molar-refractivity contribution in [2.24, 2.45) is 52.5 Å². The highest BCUT2D eigenvalue weighted by Crippen LogP contribution is 2.63. The molecule has 16 atom stereocenters. The minimum atomic E-state index is -0.831. The molecule has 4 bridgehead atoms. The molecule has 10 rings (SSSR count). The first kappa shape index (κ1) is 31.9. The van der Waals surface area contributed by atoms with Gasteiger partial charge in [-0.1, -0.05) is 32.9 Å². The van der Waals surface area contributed by atoms with E-state index in [1.807, 2.05) is 0 Å². The second-order valence-electron chi connectivity index (χ2n) is 17.2. The summed E-state index contributed by atoms with van der Waals surface area (Å²) in [7, 11) is 1.31. The van der Waals surface area contributed by atoms with Gasteiger partial charge >= 0.3 is 6.16 Å². The Morgan fingerprint density at radius 2 is 1.26 bits per heavy atom. The lowest BCUT2D eigenvalue weighted by atomic mass is 9.55. The summed E-state index contributed by atoms with van der Waals surface area (Å²) in [5.41, 5.74) is -0.924. The van der Waals surface area contributed by atoms with Crippen molar-refractivity contribution < 1.29 is 43.4 Å². The number of rotatable bonds is 4. The van der Waals surface area contributed by atoms with Crippen molar-refractivity contribution in [3.63, 3.8) is 0 Å². The number of oxime groups is 1. The maximum absolute atomic E-state index is 12.3. The van der Waals surface area contributed by atoms with E-state index in [9.17, 15) is 4.79 Å². The SMILES string of the molecule is COC(=O)O/N=C(/C[C@H]1O[C@@H]2C[C@@]3(C)CC[C@H]4[C@H](C)CC[C@@H]([C@H]1C)[C@@]24OO3)[C@H]1O[C@@H]2C[C@@]3(C)CC[C@H]4[C@H](C)CC[C@@H]([C@H]1C)[C@@]24OO3. The first-order chi connectivity index (χ1) is 21.9. The summed E-state index contributed by atoms with van der Waals surface area (Å²) < 4.78 is 19.2. The number of ether oxygens (including phenoxy) is 3. The molecule has 258 valence electrons. The fraction of sp³-hybridized carbons (Fsp3) is 0.944. The summed E-state index contributed by atoms with van der Waals surface area (Å²) in [5, 5.41) is 4.54. The number of nitrogens with zero attached hydrogens (tertiary/aromatic N) is 1. The predicted octanol–water partition coefficient (Wildman–Crippen LogP) is 6.93. The van der Waals surface area contributed by atoms with E-state index in [0.29, 0.717) is 41.7 Å². The number of carbonyl (C=O) groups excluding carboxylic acids is 1. The quantitative estimate of drug-likeness (QED) is 0.106. The molecular formula is C36H55NO9. The van der Waals surface area contributed by atoms with E-state index in [-0.39, 0.29) is 53.4 Å². The standard InChI is InChI=1S/C36H55NO9/c1-19-8-10-25-21(3)28(40-29-17-33(5)14-12-23(19)35(25,29)45-43-33)16-27(37-42-32(38)39-7)31-22(4)26-11-9-20(2)24-13-15-34(6)18-30(41-31)36(24,26)46-44-34/h19-26,28-31H,8-18H2,1-7H3/b37-27-/t19-,20-,21-,22-,23+,24+,25+,26+,28-,29-,30-,31+,33-,34-,35-,36-/m1/s1. The molecule has 2 spiro atoms. The maximum Gasteiger partial charge on any atom is 0.534 e. The highest BCUT2D eigenvalue weighted by molar-refractivity contribution is 5.89. The molecule has 0 N–H and O–H groups in total. The average molecular weight is 646 g/mol. The van der Waals surface area contributed by atoms with Gasteiger partial charge in [0.15, 0.2) is 0 Å². The summed E-state index contributed by atoms with van der Waals surface area (Å²) in [6.07, 6.45) is 9.19. The predicted molar refractivity (Wildman–Crippen MR) is 166 cm³/mol. The van der Waals surface area contributed by atoms with Gasteiger partial charge in [0.25, 0.3) is 0 Å². The molecule has 6 saturated heterocycles. The Morgan fingerprint density at radius 1 is 0.717 bits per heavy atom. The van der Waals surface area contributed by atoms with Crippen LogP contribution >= 0.6 is 0 Å². The van der Waals surface area contributed by atoms with Gasteiger partial charge in [0.1, 0.15) is 28.5 Å². The number of fused-ring (bicyclic) bond motifs is 4. The van der Waals surface area contributed by atoms with Crippen LogP contribution in [0.15, 0.2) is 5.16 Å². The zero-order valence-electron chi connectivity index (χ0n) is 28.8. The summed E-state index contributed by atoms with van der Waals surface area (Å²) in [4.78, 5) is 43.2. The average Bonchev–Trinajstić information content (AvgIpc) is 3.41. The molecule has 0 aromatic carbocycles. The first-order valence-corrected chi connectivity index (χ1v) is 18.3. The second-order valence-corrected chi connectivity index (χ2v) is 17.2. The Kier molecular flexibility index (Phi) is 7.71. The highest BCUT2D eigenvalue weighted by atomic mass is 17.2. The van der Waals surface area contributed by atoms with E-state index < -0.39 is 17.4 Å². The Morgan fingerprint density at radius 3 is 1.83 bits per heavy atom. The third kappa shape index (κ3) is 4.55. The Hall–Kier alpha value is -1.30. The van der Waals surface area contributed by atoms with Crippen LogP contribution in [0.1, 0.15) is 112 Å². The lowest BCUT2D eigenvalue weighted by Crippen LogP contribution is -2.71. The number of hydrogen-bond donors (Lipinski definition) is 0. The van der Waals surface area contributed by atoms with Crippen LogP contribution < -0.4 is 0 Å². The zero-order valence-corrected chi connectivity index (χ0v) is 28.8. The van der Waals surface area contributed by atoms with Gasteiger partial charge in [-0.2, -0.15) is 0 Å². The smallest absolute Gasteiger partial charge is 0.436 e. The number of methoxy groups -OCH3 is 1. The summed E-state index contributed by atoms with van der Waals surface area (Å²) in [6, 6.07) is 0. The molecule has 10 heteroatoms. The Labute approximate surface area is 273 Å². The Bertz CT molecular complexity index is 1250. The third-order valence-corrected chi connectivity index (χ3v) is 14.7. The van der Waals surface area contributed by atoms with Crippen molar-refractivity contribution in [3.8, 4) is 0 Å². The fourth-order valence-corrected chi connectivity index (χ4v) is 12.2. The molecule has 0 aromatic heterocycles. The van der Waals surface area contributed by atoms with Crippen molar-refractivity contribution in [1.29, 1.82) is 0 Å². The minimum absolute atomic E-state index is 0.0628. The van der Waals surface area contributed by atoms with Crippen LogP contribution in [-0.2, 0) is 38.6 Å². The van der Waals surface area contributed by atoms with Gasteiger partial charge in [0.05, 0.1) is 31.1 Å². The first-order valence-electron chi connectivity index (χ1n) is 18.3. The van der Waals surface area contributed by atoms with Crippen molar-refractivity contribution in [3.05, 3.63) is 0 Å². The second kappa shape index (κ2) is 11.1.